The molecule has 13 aromatic rings. The number of aryl methyl sites for hydroxylation is 7. The normalized spacial score (nSPS) is 10.3. The van der Waals surface area contributed by atoms with Gasteiger partial charge in [-0.3, -0.25) is 14.4 Å². The van der Waals surface area contributed by atoms with Crippen LogP contribution in [0.15, 0.2) is 235 Å². The van der Waals surface area contributed by atoms with E-state index in [4.69, 9.17) is 40.3 Å². The monoisotopic (exact) mass is 2120 g/mol. The average Bonchev–Trinajstić information content (AvgIpc) is 1.47. The molecule has 582 valence electrons. The molecule has 0 aliphatic rings. The Morgan fingerprint density at radius 3 is 1.41 bits per heavy atom. The van der Waals surface area contributed by atoms with E-state index in [2.05, 4.69) is 277 Å². The predicted molar refractivity (Wildman–Crippen MR) is 469 cm³/mol. The second-order valence-corrected chi connectivity index (χ2v) is 30.7. The quantitative estimate of drug-likeness (QED) is 0.0190. The molecule has 20 nitrogen and oxygen atoms in total. The maximum Gasteiger partial charge on any atom is 0.300 e. The van der Waals surface area contributed by atoms with Gasteiger partial charge in [0.25, 0.3) is 11.9 Å². The summed E-state index contributed by atoms with van der Waals surface area (Å²) in [6.45, 7) is 24.5. The summed E-state index contributed by atoms with van der Waals surface area (Å²) in [7, 11) is 0. The zero-order chi connectivity index (χ0) is 80.6. The van der Waals surface area contributed by atoms with Crippen LogP contribution in [0, 0.1) is 61.4 Å². The fraction of sp³-hybridized carbons (Fsp3) is 0.198. The maximum absolute atomic E-state index is 12.4. The minimum absolute atomic E-state index is 0. The first-order chi connectivity index (χ1) is 51.8. The summed E-state index contributed by atoms with van der Waals surface area (Å²) >= 11 is 21.6. The number of imidazole rings is 4. The minimum Gasteiger partial charge on any atom is -0.481 e. The molecule has 0 fully saturated rings. The molecule has 29 heteroatoms. The van der Waals surface area contributed by atoms with Gasteiger partial charge in [-0.25, -0.2) is 24.3 Å². The van der Waals surface area contributed by atoms with Gasteiger partial charge in [0, 0.05) is 156 Å². The van der Waals surface area contributed by atoms with Gasteiger partial charge < -0.3 is 54.3 Å². The summed E-state index contributed by atoms with van der Waals surface area (Å²) in [5, 5.41) is 24.1. The number of carboxylic acids is 2. The number of hydrogen-bond donors (Lipinski definition) is 5. The van der Waals surface area contributed by atoms with Crippen LogP contribution >= 0.6 is 125 Å². The number of benzene rings is 7. The first-order valence-corrected chi connectivity index (χ1v) is 39.9. The summed E-state index contributed by atoms with van der Waals surface area (Å²) in [6.07, 6.45) is 22.5. The number of carbonyl (C=O) groups is 3. The molecule has 0 amide bonds. The third-order valence-corrected chi connectivity index (χ3v) is 19.2. The molecular formula is C81H85Br5FI2N13O7Pd. The molecule has 0 aliphatic heterocycles. The van der Waals surface area contributed by atoms with Crippen LogP contribution in [0.1, 0.15) is 97.8 Å². The number of ketones is 1. The Morgan fingerprint density at radius 1 is 0.573 bits per heavy atom. The fourth-order valence-electron chi connectivity index (χ4n) is 10.4. The van der Waals surface area contributed by atoms with Crippen molar-refractivity contribution in [3.8, 4) is 39.3 Å². The van der Waals surface area contributed by atoms with Crippen molar-refractivity contribution in [1.82, 2.24) is 48.9 Å². The molecule has 6 aromatic heterocycles. The molecule has 110 heavy (non-hydrogen) atoms. The van der Waals surface area contributed by atoms with Crippen LogP contribution in [0.25, 0.3) is 44.9 Å². The van der Waals surface area contributed by atoms with Crippen molar-refractivity contribution in [1.29, 1.82) is 0 Å². The van der Waals surface area contributed by atoms with E-state index >= 15 is 0 Å². The standard InChI is InChI=1S/C23H23BrN4O.C22H20BrN3O.C12H16N2O.C9H6BrIN2.C6H3BrFI.C3H4N2.C2H5Br.2C2H4O2.Pd/c1-5-28(19-8-9-21(20(24)13-19)27-11-10-25-14-27)22-12-18(7-6-15(22)2)23-16(3)26-29-17(23)4;1-14-4-6-18(22-15(2)25-27-16(22)3)12-19(14)10-17-5-7-21(20(23)11-17)26-9-8-24-13-26;1-7-4-5-10(6-11(7)14)12(8(2)13)9(3)15;10-8-5-7(11)1-2-9(8)13-4-3-12-6-13;7-5-3-4(9)1-2-6(5)8;1-2-5-3-4-1;1-2-3;2*1-2(3)4;/h6-14H,5H2,1-4H3;4-9,11-13H,10H2,1-3H3;4-6H,13-14H2,1-3H3;1-6H;1-3H;1-3H,(H,4,5);2H2,1H3;2*1H3,(H,3,4);. The van der Waals surface area contributed by atoms with Crippen LogP contribution < -0.4 is 16.4 Å². The van der Waals surface area contributed by atoms with Crippen molar-refractivity contribution in [2.45, 2.75) is 96.4 Å². The molecule has 13 rings (SSSR count). The minimum atomic E-state index is -0.833. The SMILES string of the molecule is Brc1cc(I)ccc1-n1ccnc1.CC(=O)C(=C(C)N)c1ccc(C)c(N)c1.CC(=O)O.CC(=O)O.CCBr.CCN(c1ccc(-n2ccnc2)c(Br)c1)c1cc(-c2c(C)noc2C)ccc1C.Cc1ccc(-c2c(C)noc2C)cc1Cc1ccc(-n2ccnc2)c(Br)c1.Fc1ccc(I)cc1Br.[Pd].c1c[nH]cn1. The van der Waals surface area contributed by atoms with Crippen molar-refractivity contribution in [3.63, 3.8) is 0 Å². The van der Waals surface area contributed by atoms with Gasteiger partial charge in [-0.2, -0.15) is 0 Å². The number of carbonyl (C=O) groups excluding carboxylic acids is 1. The molecule has 0 aliphatic carbocycles. The van der Waals surface area contributed by atoms with Crippen LogP contribution in [0.3, 0.4) is 0 Å². The fourth-order valence-corrected chi connectivity index (χ4v) is 14.4. The van der Waals surface area contributed by atoms with Crippen molar-refractivity contribution >= 4 is 165 Å². The Balaban J connectivity index is 0.000000287. The third-order valence-electron chi connectivity index (χ3n) is 15.3. The van der Waals surface area contributed by atoms with E-state index in [1.807, 2.05) is 86.0 Å². The Bertz CT molecular complexity index is 5000. The second-order valence-electron chi connectivity index (χ2n) is 23.7. The number of hydrogen-bond acceptors (Lipinski definition) is 14. The summed E-state index contributed by atoms with van der Waals surface area (Å²) in [5.74, 6) is -0.226. The van der Waals surface area contributed by atoms with Crippen LogP contribution in [0.4, 0.5) is 21.5 Å². The van der Waals surface area contributed by atoms with E-state index in [1.165, 1.54) is 44.5 Å². The van der Waals surface area contributed by atoms with Gasteiger partial charge in [0.1, 0.15) is 17.3 Å². The van der Waals surface area contributed by atoms with Crippen molar-refractivity contribution in [3.05, 3.63) is 295 Å². The number of alkyl halides is 1. The number of aliphatic carboxylic acids is 2. The van der Waals surface area contributed by atoms with E-state index in [9.17, 15) is 9.18 Å². The molecule has 7 aromatic carbocycles. The van der Waals surface area contributed by atoms with E-state index in [1.54, 1.807) is 81.4 Å². The number of aromatic amines is 1. The molecule has 0 atom stereocenters. The summed E-state index contributed by atoms with van der Waals surface area (Å²) in [6, 6.07) is 42.6. The average molecular weight is 2130 g/mol. The number of nitrogens with zero attached hydrogens (tertiary/aromatic N) is 10. The van der Waals surface area contributed by atoms with E-state index in [0.717, 1.165) is 128 Å². The Labute approximate surface area is 724 Å². The number of nitrogens with one attached hydrogen (secondary N) is 1. The van der Waals surface area contributed by atoms with Crippen molar-refractivity contribution in [2.75, 3.05) is 22.5 Å². The molecule has 0 unspecified atom stereocenters. The number of rotatable bonds is 12. The number of nitrogens with two attached hydrogens (primary N) is 2. The number of Topliss-reactive ketones (excluding diaryl/α,β-unsaturated/α-hetero) is 1. The van der Waals surface area contributed by atoms with Crippen LogP contribution in [0.5, 0.6) is 0 Å². The van der Waals surface area contributed by atoms with Crippen LogP contribution in [-0.4, -0.2) is 88.7 Å². The largest absolute Gasteiger partial charge is 0.481 e. The first kappa shape index (κ1) is 94.4. The Morgan fingerprint density at radius 2 is 1.03 bits per heavy atom. The molecule has 0 saturated carbocycles. The molecule has 6 heterocycles. The van der Waals surface area contributed by atoms with Crippen LogP contribution in [0.2, 0.25) is 0 Å². The smallest absolute Gasteiger partial charge is 0.300 e. The van der Waals surface area contributed by atoms with Gasteiger partial charge in [0.05, 0.1) is 58.2 Å². The number of anilines is 3. The van der Waals surface area contributed by atoms with Gasteiger partial charge in [0.15, 0.2) is 5.78 Å². The van der Waals surface area contributed by atoms with E-state index in [-0.39, 0.29) is 32.0 Å². The molecular weight excluding hydrogens is 2050 g/mol. The zero-order valence-electron chi connectivity index (χ0n) is 62.6. The van der Waals surface area contributed by atoms with Crippen LogP contribution in [-0.2, 0) is 41.2 Å². The number of carboxylic acid groups (broad SMARTS) is 2. The number of nitrogen functional groups attached to an aromatic ring is 1. The molecule has 0 bridgehead atoms. The third kappa shape index (κ3) is 29.9. The molecule has 0 spiro atoms. The summed E-state index contributed by atoms with van der Waals surface area (Å²) in [5.41, 5.74) is 31.8. The Hall–Kier alpha value is -8.00. The van der Waals surface area contributed by atoms with Crippen molar-refractivity contribution in [2.24, 2.45) is 5.73 Å². The second kappa shape index (κ2) is 48.0. The van der Waals surface area contributed by atoms with E-state index < -0.39 is 11.9 Å². The molecule has 0 radical (unpaired) electrons. The van der Waals surface area contributed by atoms with Gasteiger partial charge in [-0.15, -0.1) is 0 Å². The number of H-pyrrole nitrogens is 1. The molecule has 0 saturated heterocycles. The Kier molecular flexibility index (Phi) is 41.2. The number of aromatic nitrogens is 10. The molecule has 7 N–H and O–H groups in total. The number of halogens is 8. The van der Waals surface area contributed by atoms with Crippen molar-refractivity contribution < 1.29 is 58.5 Å². The van der Waals surface area contributed by atoms with Gasteiger partial charge in [0.2, 0.25) is 0 Å². The van der Waals surface area contributed by atoms with E-state index in [0.29, 0.717) is 21.4 Å². The summed E-state index contributed by atoms with van der Waals surface area (Å²) in [4.78, 5) is 50.4. The van der Waals surface area contributed by atoms with Gasteiger partial charge >= 0.3 is 0 Å². The first-order valence-electron chi connectivity index (χ1n) is 33.4. The summed E-state index contributed by atoms with van der Waals surface area (Å²) < 4.78 is 35.0. The predicted octanol–water partition coefficient (Wildman–Crippen LogP) is 22.5. The zero-order valence-corrected chi connectivity index (χ0v) is 76.4. The van der Waals surface area contributed by atoms with Gasteiger partial charge in [-0.1, -0.05) is 81.7 Å². The maximum atomic E-state index is 12.4. The number of allylic oxidation sites excluding steroid dienone is 2. The topological polar surface area (TPSA) is 281 Å². The van der Waals surface area contributed by atoms with Gasteiger partial charge in [-0.05, 0) is 308 Å².